The van der Waals surface area contributed by atoms with Crippen molar-refractivity contribution in [2.75, 3.05) is 12.4 Å². The second kappa shape index (κ2) is 7.85. The van der Waals surface area contributed by atoms with Crippen LogP contribution in [0.15, 0.2) is 53.6 Å². The number of hydrogen-bond donors (Lipinski definition) is 1. The average Bonchev–Trinajstić information content (AvgIpc) is 2.71. The summed E-state index contributed by atoms with van der Waals surface area (Å²) in [5.41, 5.74) is 0.820. The number of carbonyl (C=O) groups is 2. The van der Waals surface area contributed by atoms with Crippen molar-refractivity contribution in [3.05, 3.63) is 54.4 Å². The molecule has 1 atom stereocenters. The van der Waals surface area contributed by atoms with Gasteiger partial charge in [0.15, 0.2) is 11.5 Å². The number of nitrogens with zero attached hydrogens (tertiary/aromatic N) is 2. The molecule has 4 rings (SSSR count). The first kappa shape index (κ1) is 18.2. The number of aryl methyl sites for hydroxylation is 1. The van der Waals surface area contributed by atoms with Crippen molar-refractivity contribution in [3.8, 4) is 11.5 Å². The molecule has 0 aliphatic carbocycles. The van der Waals surface area contributed by atoms with Gasteiger partial charge in [0.2, 0.25) is 12.0 Å². The van der Waals surface area contributed by atoms with Crippen molar-refractivity contribution in [2.24, 2.45) is 0 Å². The Kier molecular flexibility index (Phi) is 5.12. The quantitative estimate of drug-likeness (QED) is 0.536. The SMILES string of the molecule is Cc1nc(SCC(=O)NC(=O)C2COc3ccccc3O2)c2ccccc2n1. The molecule has 8 heteroatoms. The molecular weight excluding hydrogens is 378 g/mol. The van der Waals surface area contributed by atoms with Gasteiger partial charge >= 0.3 is 0 Å². The lowest BCUT2D eigenvalue weighted by molar-refractivity contribution is -0.135. The molecule has 1 unspecified atom stereocenters. The van der Waals surface area contributed by atoms with Gasteiger partial charge in [-0.1, -0.05) is 42.1 Å². The van der Waals surface area contributed by atoms with Crippen molar-refractivity contribution in [2.45, 2.75) is 18.1 Å². The van der Waals surface area contributed by atoms with Crippen LogP contribution in [0.25, 0.3) is 10.9 Å². The van der Waals surface area contributed by atoms with E-state index in [1.807, 2.05) is 30.3 Å². The summed E-state index contributed by atoms with van der Waals surface area (Å²) in [5.74, 6) is 0.805. The summed E-state index contributed by atoms with van der Waals surface area (Å²) in [7, 11) is 0. The molecule has 3 aromatic rings. The maximum Gasteiger partial charge on any atom is 0.271 e. The van der Waals surface area contributed by atoms with Gasteiger partial charge in [0.25, 0.3) is 5.91 Å². The van der Waals surface area contributed by atoms with Crippen molar-refractivity contribution in [3.63, 3.8) is 0 Å². The lowest BCUT2D eigenvalue weighted by Crippen LogP contribution is -2.46. The number of carbonyl (C=O) groups excluding carboxylic acids is 2. The van der Waals surface area contributed by atoms with Gasteiger partial charge in [-0.3, -0.25) is 14.9 Å². The Morgan fingerprint density at radius 3 is 2.71 bits per heavy atom. The Labute approximate surface area is 165 Å². The highest BCUT2D eigenvalue weighted by atomic mass is 32.2. The number of rotatable bonds is 4. The molecule has 142 valence electrons. The summed E-state index contributed by atoms with van der Waals surface area (Å²) in [5, 5.41) is 3.94. The molecule has 28 heavy (non-hydrogen) atoms. The smallest absolute Gasteiger partial charge is 0.271 e. The molecule has 1 N–H and O–H groups in total. The van der Waals surface area contributed by atoms with E-state index in [1.165, 1.54) is 11.8 Å². The van der Waals surface area contributed by atoms with Gasteiger partial charge < -0.3 is 9.47 Å². The highest BCUT2D eigenvalue weighted by molar-refractivity contribution is 8.00. The first-order chi connectivity index (χ1) is 13.6. The number of amides is 2. The van der Waals surface area contributed by atoms with Gasteiger partial charge in [-0.25, -0.2) is 9.97 Å². The fourth-order valence-corrected chi connectivity index (χ4v) is 3.67. The average molecular weight is 395 g/mol. The monoisotopic (exact) mass is 395 g/mol. The number of hydrogen-bond acceptors (Lipinski definition) is 7. The lowest BCUT2D eigenvalue weighted by atomic mass is 10.2. The van der Waals surface area contributed by atoms with Crippen LogP contribution in [0.4, 0.5) is 0 Å². The van der Waals surface area contributed by atoms with E-state index in [0.29, 0.717) is 22.3 Å². The Balaban J connectivity index is 1.37. The highest BCUT2D eigenvalue weighted by Crippen LogP contribution is 2.31. The number of para-hydroxylation sites is 3. The van der Waals surface area contributed by atoms with Crippen LogP contribution in [-0.4, -0.2) is 40.2 Å². The van der Waals surface area contributed by atoms with Crippen molar-refractivity contribution < 1.29 is 19.1 Å². The second-order valence-corrected chi connectivity index (χ2v) is 7.12. The Hall–Kier alpha value is -3.13. The molecule has 0 fully saturated rings. The minimum atomic E-state index is -0.869. The molecule has 0 radical (unpaired) electrons. The van der Waals surface area contributed by atoms with Gasteiger partial charge in [-0.15, -0.1) is 0 Å². The fourth-order valence-electron chi connectivity index (χ4n) is 2.81. The Morgan fingerprint density at radius 2 is 1.86 bits per heavy atom. The van der Waals surface area contributed by atoms with Gasteiger partial charge in [-0.2, -0.15) is 0 Å². The molecule has 2 aromatic carbocycles. The molecule has 2 amide bonds. The maximum absolute atomic E-state index is 12.3. The lowest BCUT2D eigenvalue weighted by Gasteiger charge is -2.25. The summed E-state index contributed by atoms with van der Waals surface area (Å²) in [6.45, 7) is 1.86. The van der Waals surface area contributed by atoms with Crippen LogP contribution in [-0.2, 0) is 9.59 Å². The van der Waals surface area contributed by atoms with E-state index >= 15 is 0 Å². The summed E-state index contributed by atoms with van der Waals surface area (Å²) < 4.78 is 11.1. The van der Waals surface area contributed by atoms with Crippen molar-refractivity contribution in [1.29, 1.82) is 0 Å². The highest BCUT2D eigenvalue weighted by Gasteiger charge is 2.28. The number of thioether (sulfide) groups is 1. The van der Waals surface area contributed by atoms with Crippen LogP contribution >= 0.6 is 11.8 Å². The molecule has 0 saturated heterocycles. The molecule has 0 bridgehead atoms. The Morgan fingerprint density at radius 1 is 1.11 bits per heavy atom. The molecular formula is C20H17N3O4S. The van der Waals surface area contributed by atoms with Crippen LogP contribution in [0.1, 0.15) is 5.82 Å². The number of aromatic nitrogens is 2. The summed E-state index contributed by atoms with van der Waals surface area (Å²) >= 11 is 1.26. The number of imide groups is 1. The van der Waals surface area contributed by atoms with Crippen molar-refractivity contribution >= 4 is 34.5 Å². The first-order valence-electron chi connectivity index (χ1n) is 8.68. The summed E-state index contributed by atoms with van der Waals surface area (Å²) in [4.78, 5) is 33.4. The van der Waals surface area contributed by atoms with E-state index in [1.54, 1.807) is 25.1 Å². The second-order valence-electron chi connectivity index (χ2n) is 6.16. The fraction of sp³-hybridized carbons (Fsp3) is 0.200. The summed E-state index contributed by atoms with van der Waals surface area (Å²) in [6.07, 6.45) is -0.869. The number of nitrogens with one attached hydrogen (secondary N) is 1. The van der Waals surface area contributed by atoms with Crippen LogP contribution < -0.4 is 14.8 Å². The van der Waals surface area contributed by atoms with Gasteiger partial charge in [0, 0.05) is 5.39 Å². The first-order valence-corrected chi connectivity index (χ1v) is 9.67. The van der Waals surface area contributed by atoms with Gasteiger partial charge in [0.05, 0.1) is 11.3 Å². The summed E-state index contributed by atoms with van der Waals surface area (Å²) in [6, 6.07) is 14.7. The Bertz CT molecular complexity index is 1060. The van der Waals surface area contributed by atoms with E-state index in [0.717, 1.165) is 10.9 Å². The minimum absolute atomic E-state index is 0.0519. The van der Waals surface area contributed by atoms with E-state index < -0.39 is 17.9 Å². The van der Waals surface area contributed by atoms with Gasteiger partial charge in [-0.05, 0) is 25.1 Å². The third-order valence-corrected chi connectivity index (χ3v) is 5.07. The predicted molar refractivity (Wildman–Crippen MR) is 105 cm³/mol. The largest absolute Gasteiger partial charge is 0.485 e. The molecule has 2 heterocycles. The zero-order chi connectivity index (χ0) is 19.5. The van der Waals surface area contributed by atoms with E-state index in [2.05, 4.69) is 15.3 Å². The molecule has 0 saturated carbocycles. The number of ether oxygens (including phenoxy) is 2. The zero-order valence-corrected chi connectivity index (χ0v) is 15.9. The predicted octanol–water partition coefficient (Wildman–Crippen LogP) is 2.51. The molecule has 1 aromatic heterocycles. The maximum atomic E-state index is 12.3. The zero-order valence-electron chi connectivity index (χ0n) is 15.0. The topological polar surface area (TPSA) is 90.4 Å². The number of fused-ring (bicyclic) bond motifs is 2. The van der Waals surface area contributed by atoms with E-state index in [9.17, 15) is 9.59 Å². The molecule has 7 nitrogen and oxygen atoms in total. The van der Waals surface area contributed by atoms with Crippen LogP contribution in [0.2, 0.25) is 0 Å². The van der Waals surface area contributed by atoms with E-state index in [4.69, 9.17) is 9.47 Å². The molecule has 1 aliphatic rings. The third-order valence-electron chi connectivity index (χ3n) is 4.08. The standard InChI is InChI=1S/C20H17N3O4S/c1-12-21-14-7-3-2-6-13(14)20(22-12)28-11-18(24)23-19(25)17-10-26-15-8-4-5-9-16(15)27-17/h2-9,17H,10-11H2,1H3,(H,23,24,25). The van der Waals surface area contributed by atoms with Crippen LogP contribution in [0, 0.1) is 6.92 Å². The van der Waals surface area contributed by atoms with Crippen LogP contribution in [0.5, 0.6) is 11.5 Å². The van der Waals surface area contributed by atoms with Gasteiger partial charge in [0.1, 0.15) is 17.5 Å². The van der Waals surface area contributed by atoms with Crippen molar-refractivity contribution in [1.82, 2.24) is 15.3 Å². The third kappa shape index (κ3) is 3.91. The molecule has 1 aliphatic heterocycles. The van der Waals surface area contributed by atoms with Crippen LogP contribution in [0.3, 0.4) is 0 Å². The minimum Gasteiger partial charge on any atom is -0.485 e. The number of benzene rings is 2. The molecule has 0 spiro atoms. The van der Waals surface area contributed by atoms with E-state index in [-0.39, 0.29) is 12.4 Å². The normalized spacial score (nSPS) is 15.2.